The van der Waals surface area contributed by atoms with Gasteiger partial charge in [0.1, 0.15) is 11.5 Å². The predicted molar refractivity (Wildman–Crippen MR) is 139 cm³/mol. The molecular weight excluding hydrogens is 559 g/mol. The first kappa shape index (κ1) is 26.5. The Kier molecular flexibility index (Phi) is 9.54. The van der Waals surface area contributed by atoms with Crippen LogP contribution in [0.2, 0.25) is 10.0 Å². The van der Waals surface area contributed by atoms with Gasteiger partial charge in [0.25, 0.3) is 5.91 Å². The average Bonchev–Trinajstić information content (AvgIpc) is 2.82. The van der Waals surface area contributed by atoms with E-state index in [1.54, 1.807) is 54.6 Å². The summed E-state index contributed by atoms with van der Waals surface area (Å²) in [5, 5.41) is 6.21. The van der Waals surface area contributed by atoms with Gasteiger partial charge in [-0.05, 0) is 73.2 Å². The maximum absolute atomic E-state index is 12.1. The smallest absolute Gasteiger partial charge is 0.306 e. The highest BCUT2D eigenvalue weighted by Gasteiger charge is 2.12. The highest BCUT2D eigenvalue weighted by molar-refractivity contribution is 9.10. The summed E-state index contributed by atoms with van der Waals surface area (Å²) in [5.41, 5.74) is 2.08. The second-order valence-electron chi connectivity index (χ2n) is 7.42. The number of rotatable bonds is 9. The molecule has 3 aromatic carbocycles. The van der Waals surface area contributed by atoms with Crippen LogP contribution in [0.1, 0.15) is 18.4 Å². The molecule has 2 N–H and O–H groups in total. The van der Waals surface area contributed by atoms with Crippen molar-refractivity contribution < 1.29 is 23.9 Å². The van der Waals surface area contributed by atoms with E-state index in [1.807, 2.05) is 13.0 Å². The number of carbonyl (C=O) groups is 3. The van der Waals surface area contributed by atoms with Crippen molar-refractivity contribution in [2.24, 2.45) is 0 Å². The zero-order valence-electron chi connectivity index (χ0n) is 18.6. The van der Waals surface area contributed by atoms with Crippen molar-refractivity contribution in [3.05, 3.63) is 80.7 Å². The quantitative estimate of drug-likeness (QED) is 0.273. The summed E-state index contributed by atoms with van der Waals surface area (Å²) in [6.45, 7) is 1.46. The fourth-order valence-electron chi connectivity index (χ4n) is 2.87. The van der Waals surface area contributed by atoms with Crippen LogP contribution in [0.25, 0.3) is 0 Å². The van der Waals surface area contributed by atoms with Gasteiger partial charge in [0.15, 0.2) is 6.61 Å². The van der Waals surface area contributed by atoms with E-state index in [0.29, 0.717) is 32.9 Å². The minimum atomic E-state index is -0.647. The molecule has 0 saturated heterocycles. The lowest BCUT2D eigenvalue weighted by Crippen LogP contribution is -2.21. The molecule has 0 aliphatic carbocycles. The van der Waals surface area contributed by atoms with Crippen LogP contribution in [0.5, 0.6) is 11.5 Å². The largest absolute Gasteiger partial charge is 0.456 e. The first-order chi connectivity index (χ1) is 16.7. The summed E-state index contributed by atoms with van der Waals surface area (Å²) in [4.78, 5) is 36.0. The molecular formula is C25H21BrCl2N2O5. The van der Waals surface area contributed by atoms with Gasteiger partial charge in [-0.1, -0.05) is 39.1 Å². The van der Waals surface area contributed by atoms with Crippen LogP contribution in [-0.2, 0) is 19.1 Å². The number of hydrogen-bond donors (Lipinski definition) is 2. The van der Waals surface area contributed by atoms with Crippen LogP contribution >= 0.6 is 39.1 Å². The normalized spacial score (nSPS) is 10.4. The number of amides is 2. The van der Waals surface area contributed by atoms with Gasteiger partial charge in [0.05, 0.1) is 11.4 Å². The van der Waals surface area contributed by atoms with Gasteiger partial charge >= 0.3 is 5.97 Å². The maximum atomic E-state index is 12.1. The molecule has 0 spiro atoms. The molecule has 0 radical (unpaired) electrons. The number of benzene rings is 3. The van der Waals surface area contributed by atoms with E-state index in [-0.39, 0.29) is 18.7 Å². The van der Waals surface area contributed by atoms with Crippen molar-refractivity contribution in [3.8, 4) is 11.5 Å². The highest BCUT2D eigenvalue weighted by Crippen LogP contribution is 2.32. The summed E-state index contributed by atoms with van der Waals surface area (Å²) in [6, 6.07) is 16.9. The summed E-state index contributed by atoms with van der Waals surface area (Å²) in [6.07, 6.45) is -0.252. The molecule has 0 aliphatic heterocycles. The van der Waals surface area contributed by atoms with Crippen LogP contribution in [-0.4, -0.2) is 24.4 Å². The Morgan fingerprint density at radius 2 is 1.54 bits per heavy atom. The Morgan fingerprint density at radius 1 is 0.857 bits per heavy atom. The van der Waals surface area contributed by atoms with Crippen LogP contribution in [0.4, 0.5) is 11.4 Å². The Hall–Kier alpha value is -3.07. The fourth-order valence-corrected chi connectivity index (χ4v) is 3.56. The molecule has 0 aliphatic rings. The van der Waals surface area contributed by atoms with Gasteiger partial charge in [-0.15, -0.1) is 0 Å². The van der Waals surface area contributed by atoms with E-state index in [2.05, 4.69) is 26.6 Å². The second-order valence-corrected chi connectivity index (χ2v) is 9.12. The number of anilines is 2. The molecule has 0 heterocycles. The Balaban J connectivity index is 1.38. The Bertz CT molecular complexity index is 1240. The van der Waals surface area contributed by atoms with Crippen LogP contribution < -0.4 is 15.4 Å². The van der Waals surface area contributed by atoms with Gasteiger partial charge < -0.3 is 20.1 Å². The van der Waals surface area contributed by atoms with E-state index in [0.717, 1.165) is 10.0 Å². The summed E-state index contributed by atoms with van der Waals surface area (Å²) in [5.74, 6) is -0.511. The van der Waals surface area contributed by atoms with Crippen LogP contribution in [0, 0.1) is 6.92 Å². The molecule has 2 amide bonds. The van der Waals surface area contributed by atoms with E-state index in [1.165, 1.54) is 0 Å². The minimum Gasteiger partial charge on any atom is -0.456 e. The minimum absolute atomic E-state index is 0.0923. The molecule has 0 saturated carbocycles. The molecule has 7 nitrogen and oxygen atoms in total. The molecule has 10 heteroatoms. The van der Waals surface area contributed by atoms with Crippen LogP contribution in [0.3, 0.4) is 0 Å². The van der Waals surface area contributed by atoms with E-state index >= 15 is 0 Å². The third-order valence-corrected chi connectivity index (χ3v) is 6.04. The lowest BCUT2D eigenvalue weighted by atomic mass is 10.2. The van der Waals surface area contributed by atoms with E-state index < -0.39 is 18.5 Å². The molecule has 35 heavy (non-hydrogen) atoms. The standard InChI is InChI=1S/C25H21BrCl2N2O5/c1-15-12-18(5-8-20(15)26)30-24(32)14-34-25(33)11-10-23(31)29-17-3-6-19(7-4-17)35-22-9-2-16(27)13-21(22)28/h2-9,12-13H,10-11,14H2,1H3,(H,29,31)(H,30,32). The maximum Gasteiger partial charge on any atom is 0.306 e. The topological polar surface area (TPSA) is 93.7 Å². The Morgan fingerprint density at radius 3 is 2.23 bits per heavy atom. The van der Waals surface area contributed by atoms with Crippen LogP contribution in [0.15, 0.2) is 65.1 Å². The summed E-state index contributed by atoms with van der Waals surface area (Å²) >= 11 is 15.4. The monoisotopic (exact) mass is 578 g/mol. The predicted octanol–water partition coefficient (Wildman–Crippen LogP) is 6.76. The van der Waals surface area contributed by atoms with E-state index in [4.69, 9.17) is 32.7 Å². The average molecular weight is 580 g/mol. The van der Waals surface area contributed by atoms with Crippen molar-refractivity contribution in [3.63, 3.8) is 0 Å². The number of carbonyl (C=O) groups excluding carboxylic acids is 3. The van der Waals surface area contributed by atoms with Crippen molar-refractivity contribution in [1.82, 2.24) is 0 Å². The highest BCUT2D eigenvalue weighted by atomic mass is 79.9. The number of halogens is 3. The molecule has 3 aromatic rings. The Labute approximate surface area is 220 Å². The fraction of sp³-hybridized carbons (Fsp3) is 0.160. The number of nitrogens with one attached hydrogen (secondary N) is 2. The van der Waals surface area contributed by atoms with Gasteiger partial charge in [-0.3, -0.25) is 14.4 Å². The van der Waals surface area contributed by atoms with Crippen molar-refractivity contribution >= 4 is 68.3 Å². The third-order valence-electron chi connectivity index (χ3n) is 4.62. The summed E-state index contributed by atoms with van der Waals surface area (Å²) < 4.78 is 11.6. The molecule has 0 aromatic heterocycles. The molecule has 3 rings (SSSR count). The van der Waals surface area contributed by atoms with Gasteiger partial charge in [-0.25, -0.2) is 0 Å². The molecule has 0 atom stereocenters. The number of hydrogen-bond acceptors (Lipinski definition) is 5. The van der Waals surface area contributed by atoms with Gasteiger partial charge in [0, 0.05) is 27.3 Å². The van der Waals surface area contributed by atoms with Crippen molar-refractivity contribution in [2.75, 3.05) is 17.2 Å². The lowest BCUT2D eigenvalue weighted by molar-refractivity contribution is -0.147. The van der Waals surface area contributed by atoms with Gasteiger partial charge in [-0.2, -0.15) is 0 Å². The van der Waals surface area contributed by atoms with Crippen molar-refractivity contribution in [2.45, 2.75) is 19.8 Å². The number of aryl methyl sites for hydroxylation is 1. The number of ether oxygens (including phenoxy) is 2. The SMILES string of the molecule is Cc1cc(NC(=O)COC(=O)CCC(=O)Nc2ccc(Oc3ccc(Cl)cc3Cl)cc2)ccc1Br. The third kappa shape index (κ3) is 8.58. The second kappa shape index (κ2) is 12.6. The molecule has 182 valence electrons. The first-order valence-electron chi connectivity index (χ1n) is 10.4. The van der Waals surface area contributed by atoms with Gasteiger partial charge in [0.2, 0.25) is 5.91 Å². The lowest BCUT2D eigenvalue weighted by Gasteiger charge is -2.10. The molecule has 0 unspecified atom stereocenters. The molecule has 0 bridgehead atoms. The summed E-state index contributed by atoms with van der Waals surface area (Å²) in [7, 11) is 0. The van der Waals surface area contributed by atoms with Crippen molar-refractivity contribution in [1.29, 1.82) is 0 Å². The number of esters is 1. The van der Waals surface area contributed by atoms with E-state index in [9.17, 15) is 14.4 Å². The first-order valence-corrected chi connectivity index (χ1v) is 12.0. The molecule has 0 fully saturated rings. The zero-order valence-corrected chi connectivity index (χ0v) is 21.7. The zero-order chi connectivity index (χ0) is 25.4.